The molecule has 2 aliphatic rings. The van der Waals surface area contributed by atoms with Crippen LogP contribution >= 0.6 is 0 Å². The molecule has 40 valence electrons. The molecule has 7 heavy (non-hydrogen) atoms. The van der Waals surface area contributed by atoms with Gasteiger partial charge in [-0.15, -0.1) is 0 Å². The van der Waals surface area contributed by atoms with Crippen molar-refractivity contribution < 1.29 is 24.3 Å². The summed E-state index contributed by atoms with van der Waals surface area (Å²) in [7, 11) is 0. The second-order valence-corrected chi connectivity index (χ2v) is 4.71. The Morgan fingerprint density at radius 1 is 1.71 bits per heavy atom. The van der Waals surface area contributed by atoms with Crippen LogP contribution in [0.3, 0.4) is 0 Å². The summed E-state index contributed by atoms with van der Waals surface area (Å²) >= 11 is 0.525. The van der Waals surface area contributed by atoms with Crippen LogP contribution in [0.1, 0.15) is 12.8 Å². The fraction of sp³-hybridized carbons (Fsp3) is 0.800. The van der Waals surface area contributed by atoms with Crippen LogP contribution in [0, 0.1) is 0 Å². The van der Waals surface area contributed by atoms with Crippen molar-refractivity contribution in [2.45, 2.75) is 18.9 Å². The van der Waals surface area contributed by atoms with Gasteiger partial charge in [0.2, 0.25) is 0 Å². The van der Waals surface area contributed by atoms with Gasteiger partial charge in [-0.1, -0.05) is 0 Å². The summed E-state index contributed by atoms with van der Waals surface area (Å²) in [6.45, 7) is 0. The maximum atomic E-state index is 2.57. The van der Waals surface area contributed by atoms with Gasteiger partial charge in [-0.25, -0.2) is 0 Å². The van der Waals surface area contributed by atoms with E-state index in [0.717, 1.165) is 6.04 Å². The zero-order chi connectivity index (χ0) is 4.69. The first-order chi connectivity index (χ1) is 3.47. The van der Waals surface area contributed by atoms with Gasteiger partial charge in [0.15, 0.2) is 0 Å². The molecule has 0 aromatic carbocycles. The van der Waals surface area contributed by atoms with Crippen LogP contribution in [0.25, 0.3) is 0 Å². The van der Waals surface area contributed by atoms with Crippen LogP contribution in [0.15, 0.2) is 0 Å². The number of rotatable bonds is 0. The molecule has 0 saturated carbocycles. The van der Waals surface area contributed by atoms with Gasteiger partial charge in [-0.05, 0) is 0 Å². The summed E-state index contributed by atoms with van der Waals surface area (Å²) in [5, 5.41) is 0. The van der Waals surface area contributed by atoms with Crippen molar-refractivity contribution in [1.82, 2.24) is 0 Å². The Balaban J connectivity index is 2.21. The summed E-state index contributed by atoms with van der Waals surface area (Å²) < 4.78 is 4.13. The Kier molecular flexibility index (Phi) is 0.881. The van der Waals surface area contributed by atoms with Crippen LogP contribution in [-0.4, -0.2) is 19.5 Å². The molecule has 1 nitrogen and oxygen atoms in total. The van der Waals surface area contributed by atoms with Gasteiger partial charge < -0.3 is 0 Å². The molecule has 0 radical (unpaired) electrons. The van der Waals surface area contributed by atoms with Crippen LogP contribution in [0.4, 0.5) is 0 Å². The summed E-state index contributed by atoms with van der Waals surface area (Å²) in [5.41, 5.74) is 0. The van der Waals surface area contributed by atoms with Crippen molar-refractivity contribution in [2.24, 2.45) is 0 Å². The first-order valence-electron chi connectivity index (χ1n) is 2.68. The SMILES string of the molecule is C1=[N+]2[I-]C[C@H]2CC1. The Hall–Kier alpha value is 0.400. The Morgan fingerprint density at radius 3 is 3.00 bits per heavy atom. The molecule has 0 bridgehead atoms. The maximum absolute atomic E-state index is 2.57. The van der Waals surface area contributed by atoms with Gasteiger partial charge in [0.1, 0.15) is 0 Å². The monoisotopic (exact) mass is 209 g/mol. The molecule has 0 aromatic heterocycles. The van der Waals surface area contributed by atoms with Crippen LogP contribution in [0.5, 0.6) is 0 Å². The van der Waals surface area contributed by atoms with E-state index in [4.69, 9.17) is 0 Å². The summed E-state index contributed by atoms with van der Waals surface area (Å²) in [4.78, 5) is 0. The molecule has 0 N–H and O–H groups in total. The zero-order valence-corrected chi connectivity index (χ0v) is 6.26. The number of hydrogen-bond donors (Lipinski definition) is 0. The van der Waals surface area contributed by atoms with E-state index in [1.54, 1.807) is 4.43 Å². The van der Waals surface area contributed by atoms with E-state index >= 15 is 0 Å². The summed E-state index contributed by atoms with van der Waals surface area (Å²) in [6, 6.07) is 1.02. The molecule has 1 atom stereocenters. The fourth-order valence-electron chi connectivity index (χ4n) is 1.03. The van der Waals surface area contributed by atoms with Gasteiger partial charge >= 0.3 is 53.8 Å². The Bertz CT molecular complexity index is 119. The van der Waals surface area contributed by atoms with Gasteiger partial charge in [0.25, 0.3) is 0 Å². The van der Waals surface area contributed by atoms with Gasteiger partial charge in [-0.3, -0.25) is 0 Å². The zero-order valence-electron chi connectivity index (χ0n) is 4.10. The first kappa shape index (κ1) is 4.30. The van der Waals surface area contributed by atoms with Crippen LogP contribution in [0.2, 0.25) is 0 Å². The Labute approximate surface area is 54.0 Å². The molecular formula is C5H8IN. The minimum atomic E-state index is 0.525. The van der Waals surface area contributed by atoms with E-state index in [2.05, 4.69) is 9.00 Å². The molecule has 1 fully saturated rings. The summed E-state index contributed by atoms with van der Waals surface area (Å²) in [5.74, 6) is 0. The van der Waals surface area contributed by atoms with Gasteiger partial charge in [0, 0.05) is 0 Å². The number of fused-ring (bicyclic) bond motifs is 1. The number of halogens is 1. The number of alkyl halides is 1. The molecule has 2 heterocycles. The average molecular weight is 209 g/mol. The standard InChI is InChI=1S/C5H8IN/c1-2-5-4-6-7(5)3-1/h3,5H,1-2,4H2/t5-/m1/s1. The third-order valence-electron chi connectivity index (χ3n) is 1.54. The predicted octanol–water partition coefficient (Wildman–Crippen LogP) is -2.75. The molecule has 2 aliphatic heterocycles. The van der Waals surface area contributed by atoms with E-state index in [1.165, 1.54) is 12.8 Å². The summed E-state index contributed by atoms with van der Waals surface area (Å²) in [6.07, 6.45) is 5.21. The molecule has 0 amide bonds. The van der Waals surface area contributed by atoms with Crippen LogP contribution in [-0.2, 0) is 0 Å². The van der Waals surface area contributed by atoms with E-state index < -0.39 is 0 Å². The van der Waals surface area contributed by atoms with E-state index in [1.807, 2.05) is 0 Å². The molecule has 0 aromatic rings. The quantitative estimate of drug-likeness (QED) is 0.231. The van der Waals surface area contributed by atoms with Crippen molar-refractivity contribution in [3.05, 3.63) is 0 Å². The predicted molar refractivity (Wildman–Crippen MR) is 24.2 cm³/mol. The molecule has 0 spiro atoms. The van der Waals surface area contributed by atoms with Gasteiger partial charge in [0.05, 0.1) is 0 Å². The fourth-order valence-corrected chi connectivity index (χ4v) is 3.72. The topological polar surface area (TPSA) is 3.01 Å². The number of hydrogen-bond acceptors (Lipinski definition) is 0. The number of nitrogens with zero attached hydrogens (tertiary/aromatic N) is 1. The van der Waals surface area contributed by atoms with E-state index in [9.17, 15) is 0 Å². The minimum absolute atomic E-state index is 0.525. The molecule has 1 saturated heterocycles. The second kappa shape index (κ2) is 1.44. The van der Waals surface area contributed by atoms with E-state index in [-0.39, 0.29) is 0 Å². The normalized spacial score (nSPS) is 37.7. The molecule has 2 heteroatoms. The van der Waals surface area contributed by atoms with Crippen molar-refractivity contribution >= 4 is 6.21 Å². The van der Waals surface area contributed by atoms with E-state index in [0.29, 0.717) is 21.5 Å². The molecule has 0 aliphatic carbocycles. The molecular weight excluding hydrogens is 201 g/mol. The van der Waals surface area contributed by atoms with Crippen molar-refractivity contribution in [1.29, 1.82) is 0 Å². The first-order valence-corrected chi connectivity index (χ1v) is 5.17. The van der Waals surface area contributed by atoms with Crippen LogP contribution < -0.4 is 21.5 Å². The van der Waals surface area contributed by atoms with Gasteiger partial charge in [-0.2, -0.15) is 0 Å². The van der Waals surface area contributed by atoms with Crippen molar-refractivity contribution in [2.75, 3.05) is 4.43 Å². The Morgan fingerprint density at radius 2 is 2.71 bits per heavy atom. The second-order valence-electron chi connectivity index (χ2n) is 2.03. The molecule has 0 unspecified atom stereocenters. The van der Waals surface area contributed by atoms with Crippen molar-refractivity contribution in [3.8, 4) is 0 Å². The third-order valence-corrected chi connectivity index (χ3v) is 4.92. The van der Waals surface area contributed by atoms with Crippen molar-refractivity contribution in [3.63, 3.8) is 0 Å². The third kappa shape index (κ3) is 0.522. The average Bonchev–Trinajstić information content (AvgIpc) is 1.85. The molecule has 2 rings (SSSR count).